The zero-order valence-corrected chi connectivity index (χ0v) is 12.5. The predicted molar refractivity (Wildman–Crippen MR) is 78.3 cm³/mol. The topological polar surface area (TPSA) is 57.0 Å². The molecule has 20 heavy (non-hydrogen) atoms. The first-order valence-electron chi connectivity index (χ1n) is 6.97. The van der Waals surface area contributed by atoms with Crippen LogP contribution in [0.1, 0.15) is 18.5 Å². The van der Waals surface area contributed by atoms with Crippen molar-refractivity contribution in [1.29, 1.82) is 0 Å². The van der Waals surface area contributed by atoms with Crippen LogP contribution in [0.3, 0.4) is 0 Å². The highest BCUT2D eigenvalue weighted by molar-refractivity contribution is 5.42. The summed E-state index contributed by atoms with van der Waals surface area (Å²) in [5.41, 5.74) is 6.84. The standard InChI is InChI=1S/C15H24N2O3/c1-11(17-6-7-20-13(9-16)10-17)14-8-12(18-2)4-5-15(14)19-3/h4-5,8,11,13H,6-7,9-10,16H2,1-3H3. The molecule has 5 heteroatoms. The van der Waals surface area contributed by atoms with Gasteiger partial charge in [0.25, 0.3) is 0 Å². The third-order valence-corrected chi connectivity index (χ3v) is 3.87. The summed E-state index contributed by atoms with van der Waals surface area (Å²) in [4.78, 5) is 2.37. The van der Waals surface area contributed by atoms with E-state index in [0.29, 0.717) is 6.54 Å². The minimum Gasteiger partial charge on any atom is -0.497 e. The Kier molecular flexibility index (Phi) is 5.23. The molecule has 0 saturated carbocycles. The summed E-state index contributed by atoms with van der Waals surface area (Å²) in [7, 11) is 3.37. The first-order valence-corrected chi connectivity index (χ1v) is 6.97. The number of methoxy groups -OCH3 is 2. The van der Waals surface area contributed by atoms with Gasteiger partial charge in [0.15, 0.2) is 0 Å². The van der Waals surface area contributed by atoms with Crippen molar-refractivity contribution in [3.63, 3.8) is 0 Å². The molecule has 2 rings (SSSR count). The molecule has 1 saturated heterocycles. The highest BCUT2D eigenvalue weighted by Gasteiger charge is 2.26. The Labute approximate surface area is 120 Å². The fraction of sp³-hybridized carbons (Fsp3) is 0.600. The summed E-state index contributed by atoms with van der Waals surface area (Å²) in [5.74, 6) is 1.73. The molecule has 0 aliphatic carbocycles. The van der Waals surface area contributed by atoms with Crippen molar-refractivity contribution in [3.8, 4) is 11.5 Å². The summed E-state index contributed by atoms with van der Waals surface area (Å²) in [6.07, 6.45) is 0.114. The second-order valence-corrected chi connectivity index (χ2v) is 5.01. The summed E-state index contributed by atoms with van der Waals surface area (Å²) < 4.78 is 16.4. The van der Waals surface area contributed by atoms with Crippen molar-refractivity contribution in [1.82, 2.24) is 4.90 Å². The zero-order chi connectivity index (χ0) is 14.5. The molecule has 1 fully saturated rings. The number of hydrogen-bond acceptors (Lipinski definition) is 5. The lowest BCUT2D eigenvalue weighted by molar-refractivity contribution is -0.0367. The second kappa shape index (κ2) is 6.92. The van der Waals surface area contributed by atoms with E-state index < -0.39 is 0 Å². The van der Waals surface area contributed by atoms with Crippen LogP contribution in [0, 0.1) is 0 Å². The molecule has 0 spiro atoms. The van der Waals surface area contributed by atoms with Crippen LogP contribution in [0.2, 0.25) is 0 Å². The lowest BCUT2D eigenvalue weighted by Gasteiger charge is -2.37. The fourth-order valence-corrected chi connectivity index (χ4v) is 2.60. The Morgan fingerprint density at radius 2 is 2.20 bits per heavy atom. The lowest BCUT2D eigenvalue weighted by atomic mass is 10.0. The van der Waals surface area contributed by atoms with Crippen LogP contribution in [0.5, 0.6) is 11.5 Å². The predicted octanol–water partition coefficient (Wildman–Crippen LogP) is 1.42. The number of rotatable bonds is 5. The maximum atomic E-state index is 5.71. The molecule has 2 atom stereocenters. The minimum atomic E-state index is 0.114. The maximum absolute atomic E-state index is 5.71. The quantitative estimate of drug-likeness (QED) is 0.884. The number of morpholine rings is 1. The van der Waals surface area contributed by atoms with Gasteiger partial charge in [0, 0.05) is 31.2 Å². The number of benzene rings is 1. The minimum absolute atomic E-state index is 0.114. The first-order chi connectivity index (χ1) is 9.69. The highest BCUT2D eigenvalue weighted by atomic mass is 16.5. The summed E-state index contributed by atoms with van der Waals surface area (Å²) >= 11 is 0. The maximum Gasteiger partial charge on any atom is 0.123 e. The third kappa shape index (κ3) is 3.23. The van der Waals surface area contributed by atoms with Crippen molar-refractivity contribution >= 4 is 0 Å². The van der Waals surface area contributed by atoms with E-state index in [4.69, 9.17) is 19.9 Å². The van der Waals surface area contributed by atoms with Gasteiger partial charge in [-0.3, -0.25) is 4.90 Å². The van der Waals surface area contributed by atoms with Crippen LogP contribution >= 0.6 is 0 Å². The van der Waals surface area contributed by atoms with Crippen LogP contribution in [0.4, 0.5) is 0 Å². The van der Waals surface area contributed by atoms with Crippen LogP contribution in [0.15, 0.2) is 18.2 Å². The molecule has 0 radical (unpaired) electrons. The van der Waals surface area contributed by atoms with Crippen molar-refractivity contribution in [2.45, 2.75) is 19.1 Å². The van der Waals surface area contributed by atoms with Gasteiger partial charge in [-0.2, -0.15) is 0 Å². The first kappa shape index (κ1) is 15.1. The Morgan fingerprint density at radius 3 is 2.85 bits per heavy atom. The molecule has 1 aromatic rings. The molecule has 5 nitrogen and oxygen atoms in total. The van der Waals surface area contributed by atoms with Gasteiger partial charge in [0.2, 0.25) is 0 Å². The van der Waals surface area contributed by atoms with Gasteiger partial charge in [-0.1, -0.05) is 0 Å². The SMILES string of the molecule is COc1ccc(OC)c(C(C)N2CCOC(CN)C2)c1. The zero-order valence-electron chi connectivity index (χ0n) is 12.5. The van der Waals surface area contributed by atoms with Crippen LogP contribution in [0.25, 0.3) is 0 Å². The van der Waals surface area contributed by atoms with E-state index in [0.717, 1.165) is 36.8 Å². The van der Waals surface area contributed by atoms with Gasteiger partial charge in [-0.05, 0) is 25.1 Å². The van der Waals surface area contributed by atoms with Crippen LogP contribution in [-0.4, -0.2) is 51.5 Å². The Morgan fingerprint density at radius 1 is 1.40 bits per heavy atom. The normalized spacial score (nSPS) is 21.5. The van der Waals surface area contributed by atoms with Crippen molar-refractivity contribution in [3.05, 3.63) is 23.8 Å². The molecule has 1 aliphatic rings. The van der Waals surface area contributed by atoms with Crippen LogP contribution in [-0.2, 0) is 4.74 Å². The molecule has 112 valence electrons. The van der Waals surface area contributed by atoms with Crippen molar-refractivity contribution < 1.29 is 14.2 Å². The van der Waals surface area contributed by atoms with Gasteiger partial charge >= 0.3 is 0 Å². The van der Waals surface area contributed by atoms with E-state index in [1.807, 2.05) is 18.2 Å². The molecule has 0 amide bonds. The second-order valence-electron chi connectivity index (χ2n) is 5.01. The number of nitrogens with two attached hydrogens (primary N) is 1. The van der Waals surface area contributed by atoms with E-state index >= 15 is 0 Å². The molecular weight excluding hydrogens is 256 g/mol. The lowest BCUT2D eigenvalue weighted by Crippen LogP contribution is -2.46. The molecule has 2 N–H and O–H groups in total. The summed E-state index contributed by atoms with van der Waals surface area (Å²) in [6.45, 7) is 5.20. The van der Waals surface area contributed by atoms with E-state index in [-0.39, 0.29) is 12.1 Å². The smallest absolute Gasteiger partial charge is 0.123 e. The third-order valence-electron chi connectivity index (χ3n) is 3.87. The van der Waals surface area contributed by atoms with Gasteiger partial charge in [-0.15, -0.1) is 0 Å². The highest BCUT2D eigenvalue weighted by Crippen LogP contribution is 2.33. The molecule has 0 bridgehead atoms. The molecule has 1 heterocycles. The monoisotopic (exact) mass is 280 g/mol. The number of nitrogens with zero attached hydrogens (tertiary/aromatic N) is 1. The average molecular weight is 280 g/mol. The van der Waals surface area contributed by atoms with Crippen LogP contribution < -0.4 is 15.2 Å². The average Bonchev–Trinajstić information content (AvgIpc) is 2.53. The Bertz CT molecular complexity index is 439. The molecule has 0 aromatic heterocycles. The van der Waals surface area contributed by atoms with E-state index in [9.17, 15) is 0 Å². The number of ether oxygens (including phenoxy) is 3. The van der Waals surface area contributed by atoms with Gasteiger partial charge in [0.1, 0.15) is 11.5 Å². The van der Waals surface area contributed by atoms with Gasteiger partial charge in [0.05, 0.1) is 26.9 Å². The molecule has 1 aromatic carbocycles. The van der Waals surface area contributed by atoms with Gasteiger partial charge < -0.3 is 19.9 Å². The molecular formula is C15H24N2O3. The van der Waals surface area contributed by atoms with Gasteiger partial charge in [-0.25, -0.2) is 0 Å². The molecule has 1 aliphatic heterocycles. The van der Waals surface area contributed by atoms with Crippen molar-refractivity contribution in [2.24, 2.45) is 5.73 Å². The van der Waals surface area contributed by atoms with E-state index in [1.165, 1.54) is 0 Å². The van der Waals surface area contributed by atoms with E-state index in [2.05, 4.69) is 11.8 Å². The number of hydrogen-bond donors (Lipinski definition) is 1. The van der Waals surface area contributed by atoms with Crippen molar-refractivity contribution in [2.75, 3.05) is 40.5 Å². The largest absolute Gasteiger partial charge is 0.497 e. The molecule has 2 unspecified atom stereocenters. The summed E-state index contributed by atoms with van der Waals surface area (Å²) in [5, 5.41) is 0. The Hall–Kier alpha value is -1.30. The summed E-state index contributed by atoms with van der Waals surface area (Å²) in [6, 6.07) is 6.14. The van der Waals surface area contributed by atoms with E-state index in [1.54, 1.807) is 14.2 Å². The fourth-order valence-electron chi connectivity index (χ4n) is 2.60. The Balaban J connectivity index is 2.20.